The number of hydrogen-bond donors (Lipinski definition) is 7. The fraction of sp³-hybridized carbons (Fsp3) is 0.385. The summed E-state index contributed by atoms with van der Waals surface area (Å²) < 4.78 is 28.6. The lowest BCUT2D eigenvalue weighted by atomic mass is 10.0. The highest BCUT2D eigenvalue weighted by Crippen LogP contribution is 2.34. The maximum Gasteiger partial charge on any atom is 0.261 e. The summed E-state index contributed by atoms with van der Waals surface area (Å²) in [7, 11) is -3.85. The summed E-state index contributed by atoms with van der Waals surface area (Å²) in [6.45, 7) is 1.05. The van der Waals surface area contributed by atoms with E-state index >= 15 is 0 Å². The van der Waals surface area contributed by atoms with E-state index in [1.54, 1.807) is 36.5 Å². The molecule has 0 bridgehead atoms. The van der Waals surface area contributed by atoms with Gasteiger partial charge in [0.15, 0.2) is 0 Å². The van der Waals surface area contributed by atoms with Crippen LogP contribution in [0, 0.1) is 0 Å². The van der Waals surface area contributed by atoms with Crippen LogP contribution in [0.3, 0.4) is 0 Å². The fourth-order valence-corrected chi connectivity index (χ4v) is 6.42. The normalized spacial score (nSPS) is 25.0. The van der Waals surface area contributed by atoms with Gasteiger partial charge >= 0.3 is 0 Å². The van der Waals surface area contributed by atoms with Crippen LogP contribution in [0.4, 0.5) is 23.3 Å². The lowest BCUT2D eigenvalue weighted by Crippen LogP contribution is -2.53. The van der Waals surface area contributed by atoms with Crippen molar-refractivity contribution in [3.05, 3.63) is 54.5 Å². The Morgan fingerprint density at radius 3 is 2.29 bits per heavy atom. The van der Waals surface area contributed by atoms with E-state index in [2.05, 4.69) is 35.2 Å². The van der Waals surface area contributed by atoms with E-state index in [4.69, 9.17) is 11.5 Å². The number of hydrogen-bond acceptors (Lipinski definition) is 12. The van der Waals surface area contributed by atoms with Crippen molar-refractivity contribution in [1.82, 2.24) is 25.1 Å². The number of aliphatic hydroxyl groups excluding tert-OH is 2. The number of benzene rings is 2. The number of anilines is 4. The molecular formula is C26H32N10O4S. The monoisotopic (exact) mass is 580 g/mol. The molecule has 15 heteroatoms. The third kappa shape index (κ3) is 5.94. The topological polar surface area (TPSA) is 221 Å². The van der Waals surface area contributed by atoms with Crippen LogP contribution in [0.5, 0.6) is 0 Å². The maximum absolute atomic E-state index is 13.0. The van der Waals surface area contributed by atoms with Gasteiger partial charge in [-0.2, -0.15) is 20.1 Å². The molecule has 1 saturated carbocycles. The molecule has 2 aromatic heterocycles. The average Bonchev–Trinajstić information content (AvgIpc) is 3.53. The molecule has 216 valence electrons. The molecule has 4 aromatic rings. The van der Waals surface area contributed by atoms with Crippen LogP contribution in [0.15, 0.2) is 53.6 Å². The summed E-state index contributed by atoms with van der Waals surface area (Å²) in [4.78, 5) is 15.8. The molecular weight excluding hydrogens is 548 g/mol. The Labute approximate surface area is 236 Å². The number of nitrogens with zero attached hydrogens (tertiary/aromatic N) is 5. The first kappa shape index (κ1) is 27.3. The van der Waals surface area contributed by atoms with Crippen molar-refractivity contribution >= 4 is 44.2 Å². The molecule has 1 aliphatic carbocycles. The van der Waals surface area contributed by atoms with E-state index in [-0.39, 0.29) is 28.8 Å². The van der Waals surface area contributed by atoms with Gasteiger partial charge in [0.05, 0.1) is 34.5 Å². The number of fused-ring (bicyclic) bond motifs is 1. The zero-order valence-corrected chi connectivity index (χ0v) is 22.9. The second kappa shape index (κ2) is 10.8. The largest absolute Gasteiger partial charge is 0.390 e. The molecule has 2 fully saturated rings. The molecule has 3 heterocycles. The predicted octanol–water partition coefficient (Wildman–Crippen LogP) is 0.756. The first-order valence-corrected chi connectivity index (χ1v) is 14.8. The quantitative estimate of drug-likeness (QED) is 0.161. The van der Waals surface area contributed by atoms with Crippen LogP contribution in [0.1, 0.15) is 31.0 Å². The molecule has 1 saturated heterocycles. The Kier molecular flexibility index (Phi) is 7.21. The van der Waals surface area contributed by atoms with Crippen molar-refractivity contribution in [1.29, 1.82) is 0 Å². The average molecular weight is 581 g/mol. The van der Waals surface area contributed by atoms with Crippen LogP contribution in [0.25, 0.3) is 10.9 Å². The van der Waals surface area contributed by atoms with Crippen LogP contribution >= 0.6 is 0 Å². The molecule has 2 aliphatic rings. The molecule has 0 amide bonds. The van der Waals surface area contributed by atoms with Gasteiger partial charge in [0.2, 0.25) is 11.9 Å². The van der Waals surface area contributed by atoms with Gasteiger partial charge in [-0.05, 0) is 61.7 Å². The number of aliphatic hydroxyl groups is 2. The second-order valence-corrected chi connectivity index (χ2v) is 12.4. The van der Waals surface area contributed by atoms with Crippen molar-refractivity contribution in [2.75, 3.05) is 28.0 Å². The molecule has 41 heavy (non-hydrogen) atoms. The van der Waals surface area contributed by atoms with E-state index in [0.717, 1.165) is 10.9 Å². The zero-order chi connectivity index (χ0) is 28.7. The van der Waals surface area contributed by atoms with E-state index in [1.165, 1.54) is 12.1 Å². The van der Waals surface area contributed by atoms with Gasteiger partial charge in [-0.25, -0.2) is 8.42 Å². The Bertz CT molecular complexity index is 1630. The van der Waals surface area contributed by atoms with Crippen LogP contribution < -0.4 is 26.4 Å². The molecule has 14 nitrogen and oxygen atoms in total. The van der Waals surface area contributed by atoms with Crippen molar-refractivity contribution in [2.45, 2.75) is 54.4 Å². The summed E-state index contributed by atoms with van der Waals surface area (Å²) in [5.41, 5.74) is 14.1. The Morgan fingerprint density at radius 2 is 1.59 bits per heavy atom. The fourth-order valence-electron chi connectivity index (χ4n) is 5.37. The highest BCUT2D eigenvalue weighted by molar-refractivity contribution is 7.92. The summed E-state index contributed by atoms with van der Waals surface area (Å²) >= 11 is 0. The molecule has 1 aliphatic heterocycles. The smallest absolute Gasteiger partial charge is 0.261 e. The summed E-state index contributed by atoms with van der Waals surface area (Å²) in [5.74, 6) is 0.833. The third-order valence-corrected chi connectivity index (χ3v) is 8.81. The van der Waals surface area contributed by atoms with E-state index in [0.29, 0.717) is 55.5 Å². The summed E-state index contributed by atoms with van der Waals surface area (Å²) in [6.07, 6.45) is 1.32. The SMILES string of the molecule is N[C@@H]1C[C@H](N)CN(c2nc(Nc3ccc(S(=O)(=O)Nc4ccc5cn[nH]c5c4)cc3)nc(C3C[C@@H](O)[C@@H](O)C3)n2)C1. The first-order valence-electron chi connectivity index (χ1n) is 13.3. The van der Waals surface area contributed by atoms with Gasteiger partial charge in [-0.15, -0.1) is 0 Å². The van der Waals surface area contributed by atoms with Gasteiger partial charge in [0.1, 0.15) is 5.82 Å². The van der Waals surface area contributed by atoms with Crippen LogP contribution in [-0.4, -0.2) is 81.2 Å². The van der Waals surface area contributed by atoms with Gasteiger partial charge in [0, 0.05) is 42.2 Å². The van der Waals surface area contributed by atoms with Crippen LogP contribution in [-0.2, 0) is 10.0 Å². The number of nitrogens with two attached hydrogens (primary N) is 2. The van der Waals surface area contributed by atoms with Crippen molar-refractivity contribution in [3.63, 3.8) is 0 Å². The number of rotatable bonds is 7. The van der Waals surface area contributed by atoms with Crippen LogP contribution in [0.2, 0.25) is 0 Å². The molecule has 5 atom stereocenters. The molecule has 9 N–H and O–H groups in total. The van der Waals surface area contributed by atoms with E-state index in [1.807, 2.05) is 4.90 Å². The lowest BCUT2D eigenvalue weighted by Gasteiger charge is -2.34. The molecule has 0 spiro atoms. The van der Waals surface area contributed by atoms with Gasteiger partial charge in [0.25, 0.3) is 10.0 Å². The Hall–Kier alpha value is -3.89. The highest BCUT2D eigenvalue weighted by Gasteiger charge is 2.35. The lowest BCUT2D eigenvalue weighted by molar-refractivity contribution is 0.0438. The molecule has 6 rings (SSSR count). The van der Waals surface area contributed by atoms with Gasteiger partial charge < -0.3 is 31.9 Å². The maximum atomic E-state index is 13.0. The van der Waals surface area contributed by atoms with E-state index in [9.17, 15) is 18.6 Å². The van der Waals surface area contributed by atoms with Crippen molar-refractivity contribution in [3.8, 4) is 0 Å². The molecule has 0 radical (unpaired) electrons. The Morgan fingerprint density at radius 1 is 0.902 bits per heavy atom. The van der Waals surface area contributed by atoms with Gasteiger partial charge in [-0.1, -0.05) is 0 Å². The minimum Gasteiger partial charge on any atom is -0.390 e. The number of sulfonamides is 1. The highest BCUT2D eigenvalue weighted by atomic mass is 32.2. The standard InChI is InChI=1S/C26H32N10O4S/c27-16-9-17(28)13-36(12-16)26-32-24(15-7-22(37)23(38)8-15)31-25(33-26)30-18-3-5-20(6-4-18)41(39,40)35-19-2-1-14-11-29-34-21(14)10-19/h1-6,10-11,15-17,22-23,35,37-38H,7-9,12-13,27-28H2,(H,29,34)(H,30,31,32,33)/t15?,16-,17+,22-,23+. The summed E-state index contributed by atoms with van der Waals surface area (Å²) in [5, 5.41) is 31.0. The minimum absolute atomic E-state index is 0.0787. The van der Waals surface area contributed by atoms with Crippen molar-refractivity contribution < 1.29 is 18.6 Å². The van der Waals surface area contributed by atoms with Gasteiger partial charge in [-0.3, -0.25) is 9.82 Å². The number of piperidine rings is 1. The van der Waals surface area contributed by atoms with E-state index < -0.39 is 22.2 Å². The minimum atomic E-state index is -3.85. The number of nitrogens with one attached hydrogen (secondary N) is 3. The summed E-state index contributed by atoms with van der Waals surface area (Å²) in [6, 6.07) is 11.1. The first-order chi connectivity index (χ1) is 19.6. The Balaban J connectivity index is 1.23. The van der Waals surface area contributed by atoms with Crippen molar-refractivity contribution in [2.24, 2.45) is 11.5 Å². The second-order valence-electron chi connectivity index (χ2n) is 10.7. The number of H-pyrrole nitrogens is 1. The molecule has 2 aromatic carbocycles. The predicted molar refractivity (Wildman–Crippen MR) is 153 cm³/mol. The zero-order valence-electron chi connectivity index (χ0n) is 22.1. The molecule has 1 unspecified atom stereocenters. The number of aromatic amines is 1. The third-order valence-electron chi connectivity index (χ3n) is 7.42. The number of aromatic nitrogens is 5.